The normalized spacial score (nSPS) is 38.4. The quantitative estimate of drug-likeness (QED) is 0.748. The zero-order valence-electron chi connectivity index (χ0n) is 12.5. The SMILES string of the molecule is NCC1(NC2CCCCC2CO)CCCC(C(F)(F)F)C1. The molecule has 2 fully saturated rings. The average Bonchev–Trinajstić information content (AvgIpc) is 2.47. The van der Waals surface area contributed by atoms with Gasteiger partial charge in [0.05, 0.1) is 5.92 Å². The van der Waals surface area contributed by atoms with Crippen LogP contribution in [0.25, 0.3) is 0 Å². The Morgan fingerprint density at radius 3 is 2.48 bits per heavy atom. The van der Waals surface area contributed by atoms with Crippen molar-refractivity contribution in [2.75, 3.05) is 13.2 Å². The molecule has 6 heteroatoms. The molecule has 3 nitrogen and oxygen atoms in total. The van der Waals surface area contributed by atoms with Crippen molar-refractivity contribution in [2.24, 2.45) is 17.6 Å². The van der Waals surface area contributed by atoms with E-state index in [1.54, 1.807) is 0 Å². The van der Waals surface area contributed by atoms with Crippen LogP contribution < -0.4 is 11.1 Å². The van der Waals surface area contributed by atoms with Crippen LogP contribution in [0.5, 0.6) is 0 Å². The van der Waals surface area contributed by atoms with Gasteiger partial charge in [0, 0.05) is 24.7 Å². The van der Waals surface area contributed by atoms with Crippen LogP contribution in [0.2, 0.25) is 0 Å². The molecular formula is C15H27F3N2O. The molecule has 0 radical (unpaired) electrons. The van der Waals surface area contributed by atoms with Crippen LogP contribution in [0.1, 0.15) is 51.4 Å². The summed E-state index contributed by atoms with van der Waals surface area (Å²) < 4.78 is 39.1. The Hall–Kier alpha value is -0.330. The molecule has 21 heavy (non-hydrogen) atoms. The van der Waals surface area contributed by atoms with Gasteiger partial charge in [-0.05, 0) is 38.0 Å². The minimum Gasteiger partial charge on any atom is -0.396 e. The van der Waals surface area contributed by atoms with Crippen molar-refractivity contribution in [3.05, 3.63) is 0 Å². The molecule has 0 bridgehead atoms. The largest absolute Gasteiger partial charge is 0.396 e. The van der Waals surface area contributed by atoms with Gasteiger partial charge in [-0.1, -0.05) is 19.3 Å². The van der Waals surface area contributed by atoms with E-state index in [0.29, 0.717) is 12.8 Å². The van der Waals surface area contributed by atoms with E-state index in [-0.39, 0.29) is 38.0 Å². The number of nitrogens with two attached hydrogens (primary N) is 1. The third-order valence-corrected chi connectivity index (χ3v) is 5.33. The topological polar surface area (TPSA) is 58.3 Å². The maximum atomic E-state index is 13.0. The van der Waals surface area contributed by atoms with E-state index >= 15 is 0 Å². The molecule has 0 aromatic carbocycles. The summed E-state index contributed by atoms with van der Waals surface area (Å²) in [4.78, 5) is 0. The summed E-state index contributed by atoms with van der Waals surface area (Å²) in [5, 5.41) is 12.9. The van der Waals surface area contributed by atoms with Gasteiger partial charge in [-0.2, -0.15) is 13.2 Å². The maximum absolute atomic E-state index is 13.0. The van der Waals surface area contributed by atoms with Crippen LogP contribution >= 0.6 is 0 Å². The van der Waals surface area contributed by atoms with Crippen LogP contribution in [-0.4, -0.2) is 36.0 Å². The molecule has 0 spiro atoms. The van der Waals surface area contributed by atoms with Crippen molar-refractivity contribution in [1.29, 1.82) is 0 Å². The molecule has 0 heterocycles. The molecule has 124 valence electrons. The van der Waals surface area contributed by atoms with Crippen LogP contribution in [0.4, 0.5) is 13.2 Å². The zero-order chi connectivity index (χ0) is 15.5. The van der Waals surface area contributed by atoms with Crippen molar-refractivity contribution in [3.8, 4) is 0 Å². The van der Waals surface area contributed by atoms with E-state index in [4.69, 9.17) is 5.73 Å². The van der Waals surface area contributed by atoms with Crippen molar-refractivity contribution in [2.45, 2.75) is 69.1 Å². The Balaban J connectivity index is 2.06. The van der Waals surface area contributed by atoms with E-state index in [9.17, 15) is 18.3 Å². The average molecular weight is 308 g/mol. The van der Waals surface area contributed by atoms with Crippen LogP contribution in [-0.2, 0) is 0 Å². The predicted octanol–water partition coefficient (Wildman–Crippen LogP) is 2.58. The van der Waals surface area contributed by atoms with Crippen LogP contribution in [0.3, 0.4) is 0 Å². The fraction of sp³-hybridized carbons (Fsp3) is 1.00. The Kier molecular flexibility index (Phi) is 5.54. The Labute approximate surface area is 124 Å². The second kappa shape index (κ2) is 6.84. The van der Waals surface area contributed by atoms with Crippen molar-refractivity contribution >= 4 is 0 Å². The number of aliphatic hydroxyl groups is 1. The Morgan fingerprint density at radius 1 is 1.14 bits per heavy atom. The first-order chi connectivity index (χ1) is 9.90. The van der Waals surface area contributed by atoms with Gasteiger partial charge in [0.15, 0.2) is 0 Å². The van der Waals surface area contributed by atoms with E-state index in [0.717, 1.165) is 25.7 Å². The minimum absolute atomic E-state index is 0.0711. The first-order valence-corrected chi connectivity index (χ1v) is 8.05. The van der Waals surface area contributed by atoms with Gasteiger partial charge < -0.3 is 16.2 Å². The highest BCUT2D eigenvalue weighted by molar-refractivity contribution is 4.99. The number of nitrogens with one attached hydrogen (secondary N) is 1. The van der Waals surface area contributed by atoms with Gasteiger partial charge in [0.1, 0.15) is 0 Å². The summed E-state index contributed by atoms with van der Waals surface area (Å²) in [7, 11) is 0. The predicted molar refractivity (Wildman–Crippen MR) is 75.8 cm³/mol. The molecule has 4 atom stereocenters. The highest BCUT2D eigenvalue weighted by Crippen LogP contribution is 2.42. The lowest BCUT2D eigenvalue weighted by Gasteiger charge is -2.46. The summed E-state index contributed by atoms with van der Waals surface area (Å²) >= 11 is 0. The van der Waals surface area contributed by atoms with Crippen LogP contribution in [0, 0.1) is 11.8 Å². The standard InChI is InChI=1S/C15H27F3N2O/c16-15(17,18)12-5-3-7-14(8-12,10-19)20-13-6-2-1-4-11(13)9-21/h11-13,20-21H,1-10,19H2. The molecular weight excluding hydrogens is 281 g/mol. The molecule has 2 rings (SSSR count). The van der Waals surface area contributed by atoms with E-state index in [1.165, 1.54) is 0 Å². The summed E-state index contributed by atoms with van der Waals surface area (Å²) in [6.07, 6.45) is 1.42. The lowest BCUT2D eigenvalue weighted by molar-refractivity contribution is -0.188. The second-order valence-corrected chi connectivity index (χ2v) is 6.80. The smallest absolute Gasteiger partial charge is 0.391 e. The molecule has 4 unspecified atom stereocenters. The monoisotopic (exact) mass is 308 g/mol. The fourth-order valence-electron chi connectivity index (χ4n) is 4.03. The molecule has 2 saturated carbocycles. The van der Waals surface area contributed by atoms with Crippen molar-refractivity contribution in [1.82, 2.24) is 5.32 Å². The third kappa shape index (κ3) is 4.11. The Morgan fingerprint density at radius 2 is 1.86 bits per heavy atom. The number of halogens is 3. The van der Waals surface area contributed by atoms with E-state index < -0.39 is 17.6 Å². The van der Waals surface area contributed by atoms with Gasteiger partial charge in [0.2, 0.25) is 0 Å². The third-order valence-electron chi connectivity index (χ3n) is 5.33. The highest BCUT2D eigenvalue weighted by atomic mass is 19.4. The number of hydrogen-bond donors (Lipinski definition) is 3. The Bertz CT molecular complexity index is 337. The number of hydrogen-bond acceptors (Lipinski definition) is 3. The van der Waals surface area contributed by atoms with E-state index in [1.807, 2.05) is 0 Å². The summed E-state index contributed by atoms with van der Waals surface area (Å²) in [6, 6.07) is 0.0966. The maximum Gasteiger partial charge on any atom is 0.391 e. The van der Waals surface area contributed by atoms with Gasteiger partial charge in [-0.15, -0.1) is 0 Å². The number of aliphatic hydroxyl groups excluding tert-OH is 1. The lowest BCUT2D eigenvalue weighted by atomic mass is 9.73. The molecule has 4 N–H and O–H groups in total. The summed E-state index contributed by atoms with van der Waals surface area (Å²) in [5.41, 5.74) is 5.24. The van der Waals surface area contributed by atoms with E-state index in [2.05, 4.69) is 5.32 Å². The van der Waals surface area contributed by atoms with Gasteiger partial charge in [-0.3, -0.25) is 0 Å². The van der Waals surface area contributed by atoms with Crippen molar-refractivity contribution in [3.63, 3.8) is 0 Å². The molecule has 2 aliphatic rings. The number of rotatable bonds is 4. The number of alkyl halides is 3. The molecule has 0 aliphatic heterocycles. The molecule has 0 saturated heterocycles. The zero-order valence-corrected chi connectivity index (χ0v) is 12.5. The van der Waals surface area contributed by atoms with Gasteiger partial charge >= 0.3 is 6.18 Å². The summed E-state index contributed by atoms with van der Waals surface area (Å²) in [6.45, 7) is 0.329. The van der Waals surface area contributed by atoms with Crippen molar-refractivity contribution < 1.29 is 18.3 Å². The molecule has 0 aromatic heterocycles. The van der Waals surface area contributed by atoms with Gasteiger partial charge in [0.25, 0.3) is 0 Å². The first-order valence-electron chi connectivity index (χ1n) is 8.05. The minimum atomic E-state index is -4.13. The van der Waals surface area contributed by atoms with Crippen LogP contribution in [0.15, 0.2) is 0 Å². The summed E-state index contributed by atoms with van der Waals surface area (Å²) in [5.74, 6) is -1.10. The highest BCUT2D eigenvalue weighted by Gasteiger charge is 2.48. The first kappa shape index (κ1) is 17.0. The molecule has 0 amide bonds. The fourth-order valence-corrected chi connectivity index (χ4v) is 4.03. The molecule has 2 aliphatic carbocycles. The molecule has 0 aromatic rings. The second-order valence-electron chi connectivity index (χ2n) is 6.80. The lowest BCUT2D eigenvalue weighted by Crippen LogP contribution is -2.60. The van der Waals surface area contributed by atoms with Gasteiger partial charge in [-0.25, -0.2) is 0 Å².